The van der Waals surface area contributed by atoms with Gasteiger partial charge in [-0.2, -0.15) is 4.98 Å². The number of fused-ring (bicyclic) bond motifs is 1. The van der Waals surface area contributed by atoms with Gasteiger partial charge >= 0.3 is 59.1 Å². The number of rotatable bonds is 9. The number of anilines is 5. The molecule has 0 bridgehead atoms. The molecule has 18 heteroatoms. The van der Waals surface area contributed by atoms with Crippen LogP contribution < -0.4 is 98.6 Å². The average Bonchev–Trinajstić information content (AvgIpc) is 2.85. The maximum atomic E-state index is 14.6. The van der Waals surface area contributed by atoms with Gasteiger partial charge in [0.05, 0.1) is 28.2 Å². The normalized spacial score (nSPS) is 13.7. The number of hydrogen-bond donors (Lipinski definition) is 2. The zero-order valence-electron chi connectivity index (χ0n) is 23.5. The number of amides is 1. The summed E-state index contributed by atoms with van der Waals surface area (Å²) in [4.78, 5) is 48.1. The molecule has 0 fully saturated rings. The molecule has 1 aromatic carbocycles. The van der Waals surface area contributed by atoms with Gasteiger partial charge in [0.2, 0.25) is 5.95 Å². The third-order valence-electron chi connectivity index (χ3n) is 5.48. The fourth-order valence-electron chi connectivity index (χ4n) is 3.76. The van der Waals surface area contributed by atoms with Gasteiger partial charge in [0.1, 0.15) is 12.5 Å². The summed E-state index contributed by atoms with van der Waals surface area (Å²) in [6.07, 6.45) is 0.943. The van der Waals surface area contributed by atoms with Crippen LogP contribution in [0.1, 0.15) is 19.4 Å². The minimum atomic E-state index is -5.40. The zero-order valence-corrected chi connectivity index (χ0v) is 28.4. The summed E-state index contributed by atoms with van der Waals surface area (Å²) in [7, 11) is -2.38. The number of aromatic nitrogens is 3. The van der Waals surface area contributed by atoms with Crippen molar-refractivity contribution in [1.29, 1.82) is 0 Å². The molecule has 41 heavy (non-hydrogen) atoms. The van der Waals surface area contributed by atoms with Crippen LogP contribution in [0.4, 0.5) is 33.5 Å². The predicted molar refractivity (Wildman–Crippen MR) is 133 cm³/mol. The Kier molecular flexibility index (Phi) is 12.0. The number of ether oxygens (including phenoxy) is 3. The monoisotopic (exact) mass is 608 g/mol. The molecule has 0 atom stereocenters. The number of nitrogens with one attached hydrogen (secondary N) is 2. The fourth-order valence-corrected chi connectivity index (χ4v) is 4.02. The molecule has 0 aliphatic carbocycles. The summed E-state index contributed by atoms with van der Waals surface area (Å²) in [5.74, 6) is -0.727. The topological polar surface area (TPSA) is 183 Å². The van der Waals surface area contributed by atoms with Crippen LogP contribution in [0.15, 0.2) is 30.5 Å². The Labute approximate surface area is 279 Å². The molecule has 0 saturated heterocycles. The molecule has 0 radical (unpaired) electrons. The molecule has 1 aliphatic heterocycles. The van der Waals surface area contributed by atoms with Crippen molar-refractivity contribution in [2.75, 3.05) is 36.5 Å². The molecule has 208 valence electrons. The maximum Gasteiger partial charge on any atom is 1.00 e. The predicted octanol–water partition coefficient (Wildman–Crippen LogP) is -3.86. The average molecular weight is 608 g/mol. The Hall–Kier alpha value is -2.04. The number of pyridine rings is 1. The molecule has 3 heterocycles. The quantitative estimate of drug-likeness (QED) is 0.178. The van der Waals surface area contributed by atoms with E-state index in [4.69, 9.17) is 14.2 Å². The van der Waals surface area contributed by atoms with Crippen molar-refractivity contribution in [3.8, 4) is 17.2 Å². The number of carbonyl (C=O) groups is 1. The standard InChI is InChI=1S/C23H26FN6O8P.2Na/c1-12-8-13(9-16(35-4)18(12)36-5)26-22-25-10-14(24)19(29-22)27-17-7-6-15-20(28-17)30(11-37-39(32,33)34)21(31)23(2,3)38-15;;/h6-10H,11H2,1-5H3,(H2,32,33,34)(H2,25,26,27,28,29);;/q;2*+1/p-2. The van der Waals surface area contributed by atoms with E-state index in [1.807, 2.05) is 6.92 Å². The minimum absolute atomic E-state index is 0. The number of phosphoric ester groups is 1. The fraction of sp³-hybridized carbons (Fsp3) is 0.304. The van der Waals surface area contributed by atoms with E-state index in [9.17, 15) is 23.5 Å². The van der Waals surface area contributed by atoms with Gasteiger partial charge in [0.15, 0.2) is 40.3 Å². The van der Waals surface area contributed by atoms with Crippen LogP contribution in [0, 0.1) is 12.7 Å². The van der Waals surface area contributed by atoms with E-state index in [1.54, 1.807) is 12.1 Å². The molecule has 2 aromatic heterocycles. The van der Waals surface area contributed by atoms with E-state index in [2.05, 4.69) is 30.1 Å². The first kappa shape index (κ1) is 35.2. The van der Waals surface area contributed by atoms with Gasteiger partial charge in [-0.15, -0.1) is 0 Å². The van der Waals surface area contributed by atoms with Gasteiger partial charge in [-0.25, -0.2) is 14.4 Å². The molecule has 0 unspecified atom stereocenters. The Morgan fingerprint density at radius 3 is 2.46 bits per heavy atom. The molecule has 0 saturated carbocycles. The van der Waals surface area contributed by atoms with E-state index >= 15 is 0 Å². The molecular weight excluding hydrogens is 584 g/mol. The number of benzene rings is 1. The van der Waals surface area contributed by atoms with Crippen molar-refractivity contribution in [1.82, 2.24) is 15.0 Å². The largest absolute Gasteiger partial charge is 1.00 e. The van der Waals surface area contributed by atoms with E-state index in [0.717, 1.165) is 16.7 Å². The minimum Gasteiger partial charge on any atom is -0.790 e. The Bertz CT molecular complexity index is 1480. The number of nitrogens with zero attached hydrogens (tertiary/aromatic N) is 4. The third-order valence-corrected chi connectivity index (χ3v) is 5.91. The maximum absolute atomic E-state index is 14.6. The second-order valence-corrected chi connectivity index (χ2v) is 9.89. The smallest absolute Gasteiger partial charge is 0.790 e. The number of methoxy groups -OCH3 is 2. The van der Waals surface area contributed by atoms with Crippen LogP contribution in [0.5, 0.6) is 17.2 Å². The number of carbonyl (C=O) groups excluding carboxylic acids is 1. The number of hydrogen-bond acceptors (Lipinski definition) is 13. The first-order chi connectivity index (χ1) is 18.3. The molecule has 1 amide bonds. The molecule has 2 N–H and O–H groups in total. The molecule has 3 aromatic rings. The summed E-state index contributed by atoms with van der Waals surface area (Å²) < 4.78 is 46.3. The Morgan fingerprint density at radius 1 is 1.12 bits per heavy atom. The SMILES string of the molecule is COc1cc(Nc2ncc(F)c(Nc3ccc4c(n3)N(COP(=O)([O-])[O-])C(=O)C(C)(C)O4)n2)cc(C)c1OC.[Na+].[Na+]. The third kappa shape index (κ3) is 8.29. The van der Waals surface area contributed by atoms with Gasteiger partial charge in [0.25, 0.3) is 5.91 Å². The van der Waals surface area contributed by atoms with Crippen LogP contribution in [0.3, 0.4) is 0 Å². The van der Waals surface area contributed by atoms with E-state index in [0.29, 0.717) is 17.2 Å². The van der Waals surface area contributed by atoms with Gasteiger partial charge in [-0.3, -0.25) is 9.69 Å². The van der Waals surface area contributed by atoms with Crippen LogP contribution in [0.2, 0.25) is 0 Å². The van der Waals surface area contributed by atoms with E-state index in [1.165, 1.54) is 40.2 Å². The van der Waals surface area contributed by atoms with Crippen molar-refractivity contribution in [3.05, 3.63) is 41.8 Å². The molecular formula is C23H24FN6Na2O8P. The second-order valence-electron chi connectivity index (χ2n) is 8.74. The van der Waals surface area contributed by atoms with Crippen molar-refractivity contribution < 1.29 is 101 Å². The van der Waals surface area contributed by atoms with Crippen molar-refractivity contribution in [2.45, 2.75) is 26.4 Å². The zero-order chi connectivity index (χ0) is 28.5. The summed E-state index contributed by atoms with van der Waals surface area (Å²) >= 11 is 0. The molecule has 1 aliphatic rings. The first-order valence-electron chi connectivity index (χ1n) is 11.3. The Balaban J connectivity index is 0.00000294. The van der Waals surface area contributed by atoms with Gasteiger partial charge in [-0.05, 0) is 44.5 Å². The van der Waals surface area contributed by atoms with Crippen molar-refractivity contribution in [2.24, 2.45) is 0 Å². The molecule has 14 nitrogen and oxygen atoms in total. The van der Waals surface area contributed by atoms with Crippen LogP contribution in [0.25, 0.3) is 0 Å². The van der Waals surface area contributed by atoms with Gasteiger partial charge in [-0.1, -0.05) is 0 Å². The van der Waals surface area contributed by atoms with Crippen molar-refractivity contribution in [3.63, 3.8) is 0 Å². The molecule has 4 rings (SSSR count). The van der Waals surface area contributed by atoms with Crippen LogP contribution >= 0.6 is 7.82 Å². The number of halogens is 1. The number of aryl methyl sites for hydroxylation is 1. The summed E-state index contributed by atoms with van der Waals surface area (Å²) in [6, 6.07) is 6.30. The summed E-state index contributed by atoms with van der Waals surface area (Å²) in [5.41, 5.74) is -0.0701. The molecule has 0 spiro atoms. The summed E-state index contributed by atoms with van der Waals surface area (Å²) in [5, 5.41) is 5.66. The van der Waals surface area contributed by atoms with Gasteiger partial charge in [0, 0.05) is 11.8 Å². The second kappa shape index (κ2) is 14.0. The van der Waals surface area contributed by atoms with Crippen molar-refractivity contribution >= 4 is 42.8 Å². The van der Waals surface area contributed by atoms with Crippen LogP contribution in [-0.2, 0) is 13.9 Å². The Morgan fingerprint density at radius 2 is 1.83 bits per heavy atom. The first-order valence-corrected chi connectivity index (χ1v) is 12.7. The summed E-state index contributed by atoms with van der Waals surface area (Å²) in [6.45, 7) is 3.82. The van der Waals surface area contributed by atoms with Crippen LogP contribution in [-0.4, -0.2) is 47.4 Å². The number of phosphoric acid groups is 1. The van der Waals surface area contributed by atoms with Gasteiger partial charge < -0.3 is 43.7 Å². The van der Waals surface area contributed by atoms with E-state index < -0.39 is 31.9 Å². The van der Waals surface area contributed by atoms with E-state index in [-0.39, 0.29) is 88.3 Å².